The molecule has 3 aromatic rings. The third-order valence-electron chi connectivity index (χ3n) is 12.6. The van der Waals surface area contributed by atoms with E-state index in [9.17, 15) is 38.4 Å². The van der Waals surface area contributed by atoms with Crippen molar-refractivity contribution in [2.75, 3.05) is 26.2 Å². The van der Waals surface area contributed by atoms with Crippen LogP contribution in [0.1, 0.15) is 62.1 Å². The molecule has 368 valence electrons. The highest BCUT2D eigenvalue weighted by Crippen LogP contribution is 2.26. The Balaban J connectivity index is 1.37. The molecule has 0 saturated carbocycles. The SMILES string of the molecule is C[C@@H]1NC(=O)[C@H](CN)NC(=O)[C@H](Cc2ccccc2)NC(=O)[C@H](Cc2ccccc2)NC(=O)[C@H](CCCN=C(N)N)NC(=O)[C@@H]2CCCN2C(=O)[C@H]2CCCN2C(=O)[C@H](Cc2ccccc2)NC1=O. The molecule has 6 rings (SSSR count). The lowest BCUT2D eigenvalue weighted by atomic mass is 10.0. The Morgan fingerprint density at radius 2 is 0.942 bits per heavy atom. The van der Waals surface area contributed by atoms with Gasteiger partial charge in [-0.3, -0.25) is 43.3 Å². The lowest BCUT2D eigenvalue weighted by Gasteiger charge is -2.33. The summed E-state index contributed by atoms with van der Waals surface area (Å²) in [5.41, 5.74) is 19.2. The minimum atomic E-state index is -1.37. The van der Waals surface area contributed by atoms with Crippen LogP contribution in [0.4, 0.5) is 0 Å². The molecule has 12 N–H and O–H groups in total. The second-order valence-corrected chi connectivity index (χ2v) is 17.7. The Morgan fingerprint density at radius 1 is 0.522 bits per heavy atom. The van der Waals surface area contributed by atoms with E-state index in [0.29, 0.717) is 30.4 Å². The van der Waals surface area contributed by atoms with Crippen molar-refractivity contribution in [3.63, 3.8) is 0 Å². The fraction of sp³-hybridized carbons (Fsp3) is 0.449. The van der Waals surface area contributed by atoms with Gasteiger partial charge in [0.1, 0.15) is 48.3 Å². The summed E-state index contributed by atoms with van der Waals surface area (Å²) in [6.07, 6.45) is 1.85. The molecule has 0 bridgehead atoms. The topological polar surface area (TPSA) is 306 Å². The zero-order valence-electron chi connectivity index (χ0n) is 38.8. The standard InChI is InChI=1S/C49H64N12O8/c1-30-41(62)58-37(28-33-18-9-4-10-19-33)47(68)61-25-13-22-40(61)48(69)60-24-12-21-39(60)46(67)55-34(20-11-23-53-49(51)52)42(63)56-35(26-31-14-5-2-6-15-31)43(64)57-36(27-32-16-7-3-8-17-32)44(65)59-38(29-50)45(66)54-30/h2-10,14-19,30,34-40H,11-13,20-29,50H2,1H3,(H,54,66)(H,55,67)(H,56,63)(H,57,64)(H,58,62)(H,59,65)(H4,51,52,53)/t30-,34-,35-,36-,37-,38-,39-,40+/m0/s1. The van der Waals surface area contributed by atoms with Crippen LogP contribution in [0, 0.1) is 0 Å². The number of nitrogens with two attached hydrogens (primary N) is 3. The van der Waals surface area contributed by atoms with Crippen LogP contribution >= 0.6 is 0 Å². The normalized spacial score (nSPS) is 25.7. The number of nitrogens with zero attached hydrogens (tertiary/aromatic N) is 3. The van der Waals surface area contributed by atoms with Crippen LogP contribution in [-0.2, 0) is 57.6 Å². The Morgan fingerprint density at radius 3 is 1.45 bits per heavy atom. The second-order valence-electron chi connectivity index (χ2n) is 17.7. The predicted molar refractivity (Wildman–Crippen MR) is 256 cm³/mol. The van der Waals surface area contributed by atoms with Gasteiger partial charge in [0.2, 0.25) is 47.3 Å². The van der Waals surface area contributed by atoms with Crippen molar-refractivity contribution in [2.24, 2.45) is 22.2 Å². The minimum absolute atomic E-state index is 0.0196. The van der Waals surface area contributed by atoms with Gasteiger partial charge in [-0.25, -0.2) is 0 Å². The molecule has 3 aromatic carbocycles. The van der Waals surface area contributed by atoms with Crippen LogP contribution in [0.3, 0.4) is 0 Å². The summed E-state index contributed by atoms with van der Waals surface area (Å²) in [5.74, 6) is -5.45. The molecule has 3 saturated heterocycles. The van der Waals surface area contributed by atoms with Gasteiger partial charge in [-0.2, -0.15) is 0 Å². The quantitative estimate of drug-likeness (QED) is 0.0615. The molecule has 20 nitrogen and oxygen atoms in total. The van der Waals surface area contributed by atoms with Crippen LogP contribution in [-0.4, -0.2) is 138 Å². The van der Waals surface area contributed by atoms with E-state index in [4.69, 9.17) is 17.2 Å². The van der Waals surface area contributed by atoms with Gasteiger partial charge in [0.05, 0.1) is 0 Å². The molecule has 3 aliphatic heterocycles. The van der Waals surface area contributed by atoms with Gasteiger partial charge in [0, 0.05) is 45.4 Å². The number of benzene rings is 3. The average molecular weight is 949 g/mol. The summed E-state index contributed by atoms with van der Waals surface area (Å²) < 4.78 is 0. The first-order valence-electron chi connectivity index (χ1n) is 23.5. The van der Waals surface area contributed by atoms with Crippen molar-refractivity contribution in [3.8, 4) is 0 Å². The molecular formula is C49H64N12O8. The summed E-state index contributed by atoms with van der Waals surface area (Å²) in [4.78, 5) is 121. The minimum Gasteiger partial charge on any atom is -0.370 e. The number of carbonyl (C=O) groups is 8. The fourth-order valence-electron chi connectivity index (χ4n) is 8.91. The molecule has 69 heavy (non-hydrogen) atoms. The van der Waals surface area contributed by atoms with Crippen molar-refractivity contribution in [1.82, 2.24) is 41.7 Å². The molecule has 8 amide bonds. The number of hydrogen-bond donors (Lipinski definition) is 9. The Labute approximate surface area is 401 Å². The summed E-state index contributed by atoms with van der Waals surface area (Å²) in [7, 11) is 0. The molecule has 0 spiro atoms. The number of rotatable bonds is 11. The van der Waals surface area contributed by atoms with Gasteiger partial charge in [-0.15, -0.1) is 0 Å². The van der Waals surface area contributed by atoms with Crippen LogP contribution in [0.15, 0.2) is 96.0 Å². The molecule has 0 aliphatic carbocycles. The molecule has 20 heteroatoms. The van der Waals surface area contributed by atoms with Gasteiger partial charge in [0.15, 0.2) is 5.96 Å². The fourth-order valence-corrected chi connectivity index (χ4v) is 8.91. The summed E-state index contributed by atoms with van der Waals surface area (Å²) in [6.45, 7) is 1.59. The van der Waals surface area contributed by atoms with Crippen LogP contribution in [0.2, 0.25) is 0 Å². The maximum atomic E-state index is 14.6. The first kappa shape index (κ1) is 51.0. The molecule has 0 unspecified atom stereocenters. The van der Waals surface area contributed by atoms with Crippen molar-refractivity contribution < 1.29 is 38.4 Å². The average Bonchev–Trinajstić information content (AvgIpc) is 4.05. The molecular weight excluding hydrogens is 885 g/mol. The zero-order chi connectivity index (χ0) is 49.5. The number of carbonyl (C=O) groups excluding carboxylic acids is 8. The number of amides is 8. The van der Waals surface area contributed by atoms with E-state index < -0.39 is 102 Å². The van der Waals surface area contributed by atoms with Crippen LogP contribution < -0.4 is 49.1 Å². The summed E-state index contributed by atoms with van der Waals surface area (Å²) in [6, 6.07) is 17.2. The highest BCUT2D eigenvalue weighted by atomic mass is 16.2. The highest BCUT2D eigenvalue weighted by molar-refractivity contribution is 5.99. The summed E-state index contributed by atoms with van der Waals surface area (Å²) in [5, 5.41) is 16.5. The van der Waals surface area contributed by atoms with Gasteiger partial charge in [0.25, 0.3) is 0 Å². The van der Waals surface area contributed by atoms with Gasteiger partial charge < -0.3 is 58.9 Å². The van der Waals surface area contributed by atoms with Gasteiger partial charge in [-0.05, 0) is 62.1 Å². The third-order valence-corrected chi connectivity index (χ3v) is 12.6. The molecule has 8 atom stereocenters. The third kappa shape index (κ3) is 14.1. The largest absolute Gasteiger partial charge is 0.370 e. The van der Waals surface area contributed by atoms with Crippen molar-refractivity contribution in [1.29, 1.82) is 0 Å². The Hall–Kier alpha value is -7.35. The summed E-state index contributed by atoms with van der Waals surface area (Å²) >= 11 is 0. The van der Waals surface area contributed by atoms with E-state index in [0.717, 1.165) is 5.56 Å². The Bertz CT molecular complexity index is 2320. The smallest absolute Gasteiger partial charge is 0.246 e. The zero-order valence-corrected chi connectivity index (χ0v) is 38.8. The first-order valence-corrected chi connectivity index (χ1v) is 23.5. The number of hydrogen-bond acceptors (Lipinski definition) is 10. The van der Waals surface area contributed by atoms with Crippen molar-refractivity contribution >= 4 is 53.2 Å². The maximum Gasteiger partial charge on any atom is 0.246 e. The number of aliphatic imine (C=N–C) groups is 1. The predicted octanol–water partition coefficient (Wildman–Crippen LogP) is -1.35. The van der Waals surface area contributed by atoms with Gasteiger partial charge in [-0.1, -0.05) is 91.0 Å². The molecule has 3 fully saturated rings. The lowest BCUT2D eigenvalue weighted by molar-refractivity contribution is -0.148. The van der Waals surface area contributed by atoms with E-state index in [1.807, 2.05) is 6.07 Å². The van der Waals surface area contributed by atoms with Gasteiger partial charge >= 0.3 is 0 Å². The molecule has 3 heterocycles. The maximum absolute atomic E-state index is 14.6. The number of nitrogens with one attached hydrogen (secondary N) is 6. The molecule has 3 aliphatic rings. The van der Waals surface area contributed by atoms with E-state index in [-0.39, 0.29) is 64.1 Å². The highest BCUT2D eigenvalue weighted by Gasteiger charge is 2.44. The number of fused-ring (bicyclic) bond motifs is 2. The van der Waals surface area contributed by atoms with E-state index in [1.54, 1.807) is 84.9 Å². The molecule has 0 aromatic heterocycles. The van der Waals surface area contributed by atoms with E-state index in [2.05, 4.69) is 36.9 Å². The lowest BCUT2D eigenvalue weighted by Crippen LogP contribution is -2.62. The second kappa shape index (κ2) is 24.6. The van der Waals surface area contributed by atoms with Crippen molar-refractivity contribution in [2.45, 2.75) is 113 Å². The monoisotopic (exact) mass is 948 g/mol. The first-order chi connectivity index (χ1) is 33.2. The van der Waals surface area contributed by atoms with E-state index in [1.165, 1.54) is 16.7 Å². The molecule has 0 radical (unpaired) electrons. The van der Waals surface area contributed by atoms with Crippen LogP contribution in [0.5, 0.6) is 0 Å². The Kier molecular flexibility index (Phi) is 18.2. The number of guanidine groups is 1. The van der Waals surface area contributed by atoms with Crippen molar-refractivity contribution in [3.05, 3.63) is 108 Å². The van der Waals surface area contributed by atoms with E-state index >= 15 is 0 Å². The van der Waals surface area contributed by atoms with Crippen LogP contribution in [0.25, 0.3) is 0 Å².